The summed E-state index contributed by atoms with van der Waals surface area (Å²) >= 11 is 0. The van der Waals surface area contributed by atoms with Gasteiger partial charge < -0.3 is 0 Å². The fraction of sp³-hybridized carbons (Fsp3) is 0.0217. The minimum atomic E-state index is -0.380. The summed E-state index contributed by atoms with van der Waals surface area (Å²) in [5.74, 6) is 1.96. The van der Waals surface area contributed by atoms with Crippen LogP contribution in [0.3, 0.4) is 0 Å². The first kappa shape index (κ1) is 27.6. The van der Waals surface area contributed by atoms with Crippen LogP contribution in [0.5, 0.6) is 0 Å². The molecule has 1 aromatic heterocycles. The van der Waals surface area contributed by atoms with Crippen LogP contribution in [0, 0.1) is 0 Å². The van der Waals surface area contributed by atoms with E-state index in [4.69, 9.17) is 15.0 Å². The normalized spacial score (nSPS) is 13.1. The van der Waals surface area contributed by atoms with Gasteiger partial charge in [0.15, 0.2) is 17.5 Å². The van der Waals surface area contributed by atoms with Crippen molar-refractivity contribution in [2.75, 3.05) is 0 Å². The van der Waals surface area contributed by atoms with Crippen LogP contribution in [0.15, 0.2) is 176 Å². The Morgan fingerprint density at radius 1 is 0.265 bits per heavy atom. The maximum absolute atomic E-state index is 5.15. The molecule has 2 aliphatic rings. The van der Waals surface area contributed by atoms with Gasteiger partial charge in [-0.25, -0.2) is 15.0 Å². The second-order valence-corrected chi connectivity index (χ2v) is 12.8. The van der Waals surface area contributed by atoms with Gasteiger partial charge in [-0.3, -0.25) is 0 Å². The van der Waals surface area contributed by atoms with E-state index in [2.05, 4.69) is 152 Å². The minimum Gasteiger partial charge on any atom is -0.208 e. The van der Waals surface area contributed by atoms with Gasteiger partial charge in [-0.1, -0.05) is 164 Å². The predicted octanol–water partition coefficient (Wildman–Crippen LogP) is 10.9. The minimum absolute atomic E-state index is 0.380. The Bertz CT molecular complexity index is 2510. The Balaban J connectivity index is 1.18. The molecule has 0 unspecified atom stereocenters. The van der Waals surface area contributed by atoms with Gasteiger partial charge >= 0.3 is 0 Å². The van der Waals surface area contributed by atoms with Crippen molar-refractivity contribution in [1.82, 2.24) is 15.0 Å². The molecule has 0 atom stereocenters. The highest BCUT2D eigenvalue weighted by Gasteiger charge is 2.51. The van der Waals surface area contributed by atoms with Crippen molar-refractivity contribution >= 4 is 0 Å². The molecular weight excluding hydrogens is 595 g/mol. The van der Waals surface area contributed by atoms with Crippen LogP contribution < -0.4 is 0 Å². The Kier molecular flexibility index (Phi) is 6.09. The Morgan fingerprint density at radius 3 is 1.27 bits per heavy atom. The first-order chi connectivity index (χ1) is 24.3. The molecule has 0 saturated carbocycles. The highest BCUT2D eigenvalue weighted by molar-refractivity contribution is 5.95. The summed E-state index contributed by atoms with van der Waals surface area (Å²) in [5, 5.41) is 0. The van der Waals surface area contributed by atoms with E-state index in [0.717, 1.165) is 27.8 Å². The van der Waals surface area contributed by atoms with E-state index in [1.807, 2.05) is 24.3 Å². The van der Waals surface area contributed by atoms with Crippen LogP contribution in [0.25, 0.3) is 67.5 Å². The lowest BCUT2D eigenvalue weighted by atomic mass is 9.70. The quantitative estimate of drug-likeness (QED) is 0.196. The summed E-state index contributed by atoms with van der Waals surface area (Å²) in [4.78, 5) is 15.3. The maximum Gasteiger partial charge on any atom is 0.164 e. The summed E-state index contributed by atoms with van der Waals surface area (Å²) in [6.07, 6.45) is 0. The van der Waals surface area contributed by atoms with Crippen molar-refractivity contribution < 1.29 is 0 Å². The van der Waals surface area contributed by atoms with Gasteiger partial charge in [0.1, 0.15) is 0 Å². The highest BCUT2D eigenvalue weighted by Crippen LogP contribution is 2.62. The van der Waals surface area contributed by atoms with Crippen molar-refractivity contribution in [2.45, 2.75) is 5.41 Å². The molecule has 3 heteroatoms. The number of hydrogen-bond acceptors (Lipinski definition) is 3. The van der Waals surface area contributed by atoms with Crippen LogP contribution in [0.2, 0.25) is 0 Å². The number of aromatic nitrogens is 3. The average molecular weight is 624 g/mol. The number of benzene rings is 7. The fourth-order valence-electron chi connectivity index (χ4n) is 8.06. The summed E-state index contributed by atoms with van der Waals surface area (Å²) < 4.78 is 0. The largest absolute Gasteiger partial charge is 0.208 e. The lowest BCUT2D eigenvalue weighted by molar-refractivity contribution is 0.794. The van der Waals surface area contributed by atoms with E-state index in [1.54, 1.807) is 0 Å². The van der Waals surface area contributed by atoms with Crippen molar-refractivity contribution in [3.8, 4) is 67.5 Å². The van der Waals surface area contributed by atoms with Crippen LogP contribution in [-0.2, 0) is 5.41 Å². The van der Waals surface area contributed by atoms with Crippen LogP contribution in [0.1, 0.15) is 22.3 Å². The molecule has 3 nitrogen and oxygen atoms in total. The molecule has 0 N–H and O–H groups in total. The fourth-order valence-corrected chi connectivity index (χ4v) is 8.06. The van der Waals surface area contributed by atoms with Crippen molar-refractivity contribution in [3.63, 3.8) is 0 Å². The molecule has 8 aromatic rings. The van der Waals surface area contributed by atoms with E-state index >= 15 is 0 Å². The van der Waals surface area contributed by atoms with Gasteiger partial charge in [0, 0.05) is 16.7 Å². The molecule has 0 radical (unpaired) electrons. The van der Waals surface area contributed by atoms with Gasteiger partial charge in [-0.2, -0.15) is 0 Å². The van der Waals surface area contributed by atoms with Crippen LogP contribution in [-0.4, -0.2) is 15.0 Å². The summed E-state index contributed by atoms with van der Waals surface area (Å²) in [6, 6.07) is 62.6. The molecule has 1 heterocycles. The third-order valence-corrected chi connectivity index (χ3v) is 10.2. The summed E-state index contributed by atoms with van der Waals surface area (Å²) in [5.41, 5.74) is 15.1. The smallest absolute Gasteiger partial charge is 0.164 e. The van der Waals surface area contributed by atoms with Gasteiger partial charge in [-0.15, -0.1) is 0 Å². The SMILES string of the molecule is c1ccc(-c2cccc(-c3nc(-c4ccccc4)nc(-c4ccc5c(c4)-c4ccccc4C54c5ccccc5-c5ccccc54)n3)c2)cc1. The zero-order valence-electron chi connectivity index (χ0n) is 26.6. The number of hydrogen-bond donors (Lipinski definition) is 0. The third kappa shape index (κ3) is 4.12. The van der Waals surface area contributed by atoms with E-state index in [1.165, 1.54) is 44.5 Å². The second-order valence-electron chi connectivity index (χ2n) is 12.8. The number of nitrogens with zero attached hydrogens (tertiary/aromatic N) is 3. The highest BCUT2D eigenvalue weighted by atomic mass is 15.0. The molecule has 2 aliphatic carbocycles. The first-order valence-electron chi connectivity index (χ1n) is 16.7. The van der Waals surface area contributed by atoms with Gasteiger partial charge in [-0.05, 0) is 67.8 Å². The molecule has 0 aliphatic heterocycles. The number of fused-ring (bicyclic) bond motifs is 10. The molecule has 1 spiro atoms. The molecule has 0 fully saturated rings. The van der Waals surface area contributed by atoms with Crippen molar-refractivity contribution in [3.05, 3.63) is 198 Å². The monoisotopic (exact) mass is 623 g/mol. The molecular formula is C46H29N3. The van der Waals surface area contributed by atoms with Gasteiger partial charge in [0.2, 0.25) is 0 Å². The Labute approximate surface area is 285 Å². The maximum atomic E-state index is 5.15. The van der Waals surface area contributed by atoms with E-state index in [9.17, 15) is 0 Å². The van der Waals surface area contributed by atoms with Crippen LogP contribution in [0.4, 0.5) is 0 Å². The zero-order valence-corrected chi connectivity index (χ0v) is 26.6. The molecule has 7 aromatic carbocycles. The third-order valence-electron chi connectivity index (χ3n) is 10.2. The molecule has 228 valence electrons. The van der Waals surface area contributed by atoms with Gasteiger partial charge in [0.05, 0.1) is 5.41 Å². The molecule has 0 amide bonds. The van der Waals surface area contributed by atoms with Crippen LogP contribution >= 0.6 is 0 Å². The topological polar surface area (TPSA) is 38.7 Å². The second kappa shape index (κ2) is 10.8. The van der Waals surface area contributed by atoms with Crippen molar-refractivity contribution in [1.29, 1.82) is 0 Å². The zero-order chi connectivity index (χ0) is 32.4. The standard InChI is InChI=1S/C46H29N3/c1-3-14-30(15-4-1)32-18-13-19-33(28-32)44-47-43(31-16-5-2-6-17-31)48-45(49-44)34-26-27-42-38(29-34)37-22-9-12-25-41(37)46(42)39-23-10-7-20-35(39)36-21-8-11-24-40(36)46/h1-29H. The lowest BCUT2D eigenvalue weighted by Crippen LogP contribution is -2.25. The van der Waals surface area contributed by atoms with E-state index in [0.29, 0.717) is 17.5 Å². The first-order valence-corrected chi connectivity index (χ1v) is 16.7. The lowest BCUT2D eigenvalue weighted by Gasteiger charge is -2.30. The molecule has 49 heavy (non-hydrogen) atoms. The molecule has 0 bridgehead atoms. The Hall–Kier alpha value is -6.45. The Morgan fingerprint density at radius 2 is 0.673 bits per heavy atom. The van der Waals surface area contributed by atoms with Gasteiger partial charge in [0.25, 0.3) is 0 Å². The average Bonchev–Trinajstić information content (AvgIpc) is 3.65. The predicted molar refractivity (Wildman–Crippen MR) is 198 cm³/mol. The van der Waals surface area contributed by atoms with E-state index < -0.39 is 0 Å². The number of rotatable bonds is 4. The summed E-state index contributed by atoms with van der Waals surface area (Å²) in [7, 11) is 0. The molecule has 0 saturated heterocycles. The van der Waals surface area contributed by atoms with Crippen molar-refractivity contribution in [2.24, 2.45) is 0 Å². The van der Waals surface area contributed by atoms with E-state index in [-0.39, 0.29) is 5.41 Å². The summed E-state index contributed by atoms with van der Waals surface area (Å²) in [6.45, 7) is 0. The molecule has 10 rings (SSSR count).